The monoisotopic (exact) mass is 239 g/mol. The number of carbonyl (C=O) groups excluding carboxylic acids is 1. The van der Waals surface area contributed by atoms with Gasteiger partial charge in [-0.2, -0.15) is 0 Å². The Kier molecular flexibility index (Phi) is 2.92. The van der Waals surface area contributed by atoms with Gasteiger partial charge in [-0.3, -0.25) is 9.59 Å². The molecule has 0 bridgehead atoms. The summed E-state index contributed by atoms with van der Waals surface area (Å²) in [6.45, 7) is 6.52. The van der Waals surface area contributed by atoms with Crippen molar-refractivity contribution in [2.24, 2.45) is 29.1 Å². The lowest BCUT2D eigenvalue weighted by Crippen LogP contribution is -2.31. The Labute approximate surface area is 102 Å². The topological polar surface area (TPSA) is 66.4 Å². The molecule has 2 N–H and O–H groups in total. The van der Waals surface area contributed by atoms with Crippen LogP contribution in [0.3, 0.4) is 0 Å². The Hall–Kier alpha value is -1.06. The summed E-state index contributed by atoms with van der Waals surface area (Å²) < 4.78 is 0. The number of carboxylic acids is 1. The Morgan fingerprint density at radius 3 is 2.35 bits per heavy atom. The van der Waals surface area contributed by atoms with Crippen molar-refractivity contribution in [1.82, 2.24) is 5.32 Å². The summed E-state index contributed by atoms with van der Waals surface area (Å²) >= 11 is 0. The van der Waals surface area contributed by atoms with Crippen molar-refractivity contribution in [3.05, 3.63) is 0 Å². The van der Waals surface area contributed by atoms with Gasteiger partial charge in [0.15, 0.2) is 0 Å². The maximum atomic E-state index is 11.9. The van der Waals surface area contributed by atoms with Crippen LogP contribution in [0.5, 0.6) is 0 Å². The molecule has 0 heterocycles. The standard InChI is InChI=1S/C13H21NO3/c1-7(8-4-5-8)6-14-11(15)9-10(12(16)17)13(9,2)3/h7-10H,4-6H2,1-3H3,(H,14,15)(H,16,17)/t7?,9-,10+/m1/s1. The van der Waals surface area contributed by atoms with Gasteiger partial charge in [0.2, 0.25) is 5.91 Å². The van der Waals surface area contributed by atoms with E-state index in [0.717, 1.165) is 5.92 Å². The molecule has 3 atom stereocenters. The molecule has 17 heavy (non-hydrogen) atoms. The molecule has 2 aliphatic rings. The van der Waals surface area contributed by atoms with E-state index in [0.29, 0.717) is 12.5 Å². The van der Waals surface area contributed by atoms with Gasteiger partial charge in [0.1, 0.15) is 0 Å². The molecular formula is C13H21NO3. The fraction of sp³-hybridized carbons (Fsp3) is 0.846. The van der Waals surface area contributed by atoms with E-state index >= 15 is 0 Å². The first-order chi connectivity index (χ1) is 7.85. The van der Waals surface area contributed by atoms with Gasteiger partial charge >= 0.3 is 5.97 Å². The van der Waals surface area contributed by atoms with Crippen LogP contribution in [0.2, 0.25) is 0 Å². The van der Waals surface area contributed by atoms with E-state index in [1.165, 1.54) is 12.8 Å². The molecule has 4 heteroatoms. The Morgan fingerprint density at radius 1 is 1.35 bits per heavy atom. The summed E-state index contributed by atoms with van der Waals surface area (Å²) in [5, 5.41) is 11.9. The summed E-state index contributed by atoms with van der Waals surface area (Å²) in [5.74, 6) is -0.535. The van der Waals surface area contributed by atoms with Crippen LogP contribution in [0.25, 0.3) is 0 Å². The van der Waals surface area contributed by atoms with E-state index in [4.69, 9.17) is 5.11 Å². The zero-order valence-corrected chi connectivity index (χ0v) is 10.7. The van der Waals surface area contributed by atoms with Crippen molar-refractivity contribution in [3.8, 4) is 0 Å². The molecule has 0 spiro atoms. The van der Waals surface area contributed by atoms with Gasteiger partial charge in [0, 0.05) is 6.54 Å². The SMILES string of the molecule is CC(CNC(=O)[C@H]1[C@@H](C(=O)O)C1(C)C)C1CC1. The van der Waals surface area contributed by atoms with E-state index in [1.54, 1.807) is 0 Å². The Morgan fingerprint density at radius 2 is 1.94 bits per heavy atom. The molecule has 4 nitrogen and oxygen atoms in total. The molecule has 1 amide bonds. The fourth-order valence-electron chi connectivity index (χ4n) is 2.79. The summed E-state index contributed by atoms with van der Waals surface area (Å²) in [4.78, 5) is 22.9. The maximum Gasteiger partial charge on any atom is 0.307 e. The first-order valence-corrected chi connectivity index (χ1v) is 6.36. The zero-order valence-electron chi connectivity index (χ0n) is 10.7. The molecule has 1 unspecified atom stereocenters. The highest BCUT2D eigenvalue weighted by Crippen LogP contribution is 2.58. The first kappa shape index (κ1) is 12.4. The number of nitrogens with one attached hydrogen (secondary N) is 1. The largest absolute Gasteiger partial charge is 0.481 e. The van der Waals surface area contributed by atoms with Gasteiger partial charge in [-0.1, -0.05) is 20.8 Å². The van der Waals surface area contributed by atoms with Gasteiger partial charge in [0.05, 0.1) is 11.8 Å². The number of amides is 1. The highest BCUT2D eigenvalue weighted by Gasteiger charge is 2.65. The normalized spacial score (nSPS) is 31.7. The zero-order chi connectivity index (χ0) is 12.8. The van der Waals surface area contributed by atoms with Crippen molar-refractivity contribution in [2.75, 3.05) is 6.54 Å². The van der Waals surface area contributed by atoms with Crippen molar-refractivity contribution < 1.29 is 14.7 Å². The van der Waals surface area contributed by atoms with Crippen LogP contribution in [0.4, 0.5) is 0 Å². The van der Waals surface area contributed by atoms with Crippen molar-refractivity contribution >= 4 is 11.9 Å². The van der Waals surface area contributed by atoms with Crippen LogP contribution < -0.4 is 5.32 Å². The third kappa shape index (κ3) is 2.31. The predicted molar refractivity (Wildman–Crippen MR) is 63.3 cm³/mol. The van der Waals surface area contributed by atoms with Crippen molar-refractivity contribution in [2.45, 2.75) is 33.6 Å². The van der Waals surface area contributed by atoms with Crippen LogP contribution >= 0.6 is 0 Å². The molecule has 0 saturated heterocycles. The Balaban J connectivity index is 1.82. The minimum atomic E-state index is -0.856. The number of carboxylic acid groups (broad SMARTS) is 1. The molecule has 0 aromatic rings. The average Bonchev–Trinajstić information content (AvgIpc) is 3.08. The molecule has 0 radical (unpaired) electrons. The second-order valence-electron chi connectivity index (χ2n) is 6.17. The van der Waals surface area contributed by atoms with E-state index in [1.807, 2.05) is 13.8 Å². The third-order valence-electron chi connectivity index (χ3n) is 4.40. The fourth-order valence-corrected chi connectivity index (χ4v) is 2.79. The lowest BCUT2D eigenvalue weighted by molar-refractivity contribution is -0.140. The number of hydrogen-bond acceptors (Lipinski definition) is 2. The van der Waals surface area contributed by atoms with Gasteiger partial charge in [-0.15, -0.1) is 0 Å². The van der Waals surface area contributed by atoms with Crippen LogP contribution in [-0.2, 0) is 9.59 Å². The molecule has 2 aliphatic carbocycles. The summed E-state index contributed by atoms with van der Waals surface area (Å²) in [6.07, 6.45) is 2.54. The number of aliphatic carboxylic acids is 1. The molecule has 2 fully saturated rings. The number of rotatable bonds is 5. The van der Waals surface area contributed by atoms with Gasteiger partial charge < -0.3 is 10.4 Å². The molecule has 0 aromatic carbocycles. The highest BCUT2D eigenvalue weighted by molar-refractivity contribution is 5.91. The van der Waals surface area contributed by atoms with E-state index < -0.39 is 17.3 Å². The lowest BCUT2D eigenvalue weighted by atomic mass is 10.1. The molecule has 2 saturated carbocycles. The molecule has 0 aromatic heterocycles. The molecule has 2 rings (SSSR count). The second kappa shape index (κ2) is 4.00. The van der Waals surface area contributed by atoms with Crippen LogP contribution in [0.1, 0.15) is 33.6 Å². The average molecular weight is 239 g/mol. The van der Waals surface area contributed by atoms with Crippen LogP contribution in [-0.4, -0.2) is 23.5 Å². The molecule has 96 valence electrons. The van der Waals surface area contributed by atoms with Gasteiger partial charge in [0.25, 0.3) is 0 Å². The summed E-state index contributed by atoms with van der Waals surface area (Å²) in [6, 6.07) is 0. The quantitative estimate of drug-likeness (QED) is 0.764. The van der Waals surface area contributed by atoms with Crippen molar-refractivity contribution in [3.63, 3.8) is 0 Å². The lowest BCUT2D eigenvalue weighted by Gasteiger charge is -2.11. The second-order valence-corrected chi connectivity index (χ2v) is 6.17. The van der Waals surface area contributed by atoms with Crippen LogP contribution in [0, 0.1) is 29.1 Å². The minimum absolute atomic E-state index is 0.0881. The Bertz CT molecular complexity index is 347. The van der Waals surface area contributed by atoms with Gasteiger partial charge in [-0.05, 0) is 30.1 Å². The van der Waals surface area contributed by atoms with E-state index in [9.17, 15) is 9.59 Å². The first-order valence-electron chi connectivity index (χ1n) is 6.36. The predicted octanol–water partition coefficient (Wildman–Crippen LogP) is 1.51. The smallest absolute Gasteiger partial charge is 0.307 e. The van der Waals surface area contributed by atoms with Crippen molar-refractivity contribution in [1.29, 1.82) is 0 Å². The number of carbonyl (C=O) groups is 2. The molecule has 0 aliphatic heterocycles. The number of hydrogen-bond donors (Lipinski definition) is 2. The molecular weight excluding hydrogens is 218 g/mol. The van der Waals surface area contributed by atoms with E-state index in [-0.39, 0.29) is 11.8 Å². The van der Waals surface area contributed by atoms with Crippen LogP contribution in [0.15, 0.2) is 0 Å². The minimum Gasteiger partial charge on any atom is -0.481 e. The summed E-state index contributed by atoms with van der Waals surface area (Å²) in [7, 11) is 0. The maximum absolute atomic E-state index is 11.9. The third-order valence-corrected chi connectivity index (χ3v) is 4.40. The highest BCUT2D eigenvalue weighted by atomic mass is 16.4. The van der Waals surface area contributed by atoms with Gasteiger partial charge in [-0.25, -0.2) is 0 Å². The van der Waals surface area contributed by atoms with E-state index in [2.05, 4.69) is 12.2 Å². The summed E-state index contributed by atoms with van der Waals surface area (Å²) in [5.41, 5.74) is -0.390.